The summed E-state index contributed by atoms with van der Waals surface area (Å²) in [6.45, 7) is 1.41. The molecule has 1 atom stereocenters. The molecule has 1 aliphatic rings. The fourth-order valence-corrected chi connectivity index (χ4v) is 3.29. The third-order valence-corrected chi connectivity index (χ3v) is 4.42. The van der Waals surface area contributed by atoms with Gasteiger partial charge in [0.2, 0.25) is 5.91 Å². The minimum atomic E-state index is -0.573. The van der Waals surface area contributed by atoms with Crippen molar-refractivity contribution < 1.29 is 9.59 Å². The van der Waals surface area contributed by atoms with E-state index in [2.05, 4.69) is 4.98 Å². The molecule has 9 heteroatoms. The van der Waals surface area contributed by atoms with E-state index in [0.717, 1.165) is 19.4 Å². The Bertz CT molecular complexity index is 546. The van der Waals surface area contributed by atoms with Gasteiger partial charge in [-0.3, -0.25) is 9.59 Å². The Morgan fingerprint density at radius 2 is 2.24 bits per heavy atom. The van der Waals surface area contributed by atoms with E-state index in [9.17, 15) is 9.59 Å². The zero-order valence-electron chi connectivity index (χ0n) is 11.9. The van der Waals surface area contributed by atoms with Crippen molar-refractivity contribution in [3.63, 3.8) is 0 Å². The summed E-state index contributed by atoms with van der Waals surface area (Å²) in [5.74, 6) is -0.747. The first-order chi connectivity index (χ1) is 9.88. The van der Waals surface area contributed by atoms with Gasteiger partial charge < -0.3 is 27.0 Å². The smallest absolute Gasteiger partial charge is 0.268 e. The Labute approximate surface area is 126 Å². The summed E-state index contributed by atoms with van der Waals surface area (Å²) in [5.41, 5.74) is 16.9. The molecule has 0 aromatic carbocycles. The number of hydrogen-bond donors (Lipinski definition) is 3. The maximum atomic E-state index is 12.2. The number of aromatic nitrogens is 1. The maximum Gasteiger partial charge on any atom is 0.268 e. The summed E-state index contributed by atoms with van der Waals surface area (Å²) >= 11 is 1.22. The van der Waals surface area contributed by atoms with E-state index in [1.165, 1.54) is 23.3 Å². The molecule has 2 rings (SSSR count). The molecule has 1 aliphatic heterocycles. The number of carbonyl (C=O) groups is 2. The predicted octanol–water partition coefficient (Wildman–Crippen LogP) is -0.790. The van der Waals surface area contributed by atoms with Crippen LogP contribution < -0.4 is 22.1 Å². The van der Waals surface area contributed by atoms with Gasteiger partial charge in [-0.1, -0.05) is 11.3 Å². The lowest BCUT2D eigenvalue weighted by Crippen LogP contribution is -2.42. The van der Waals surface area contributed by atoms with Crippen LogP contribution in [0.5, 0.6) is 0 Å². The quantitative estimate of drug-likeness (QED) is 0.667. The van der Waals surface area contributed by atoms with E-state index in [1.807, 2.05) is 4.90 Å². The monoisotopic (exact) mass is 312 g/mol. The molecule has 6 N–H and O–H groups in total. The first-order valence-electron chi connectivity index (χ1n) is 6.69. The van der Waals surface area contributed by atoms with Crippen LogP contribution in [0.4, 0.5) is 10.9 Å². The molecule has 1 fully saturated rings. The zero-order chi connectivity index (χ0) is 15.6. The number of piperidine rings is 1. The van der Waals surface area contributed by atoms with Gasteiger partial charge in [-0.15, -0.1) is 0 Å². The lowest BCUT2D eigenvalue weighted by Gasteiger charge is -2.30. The van der Waals surface area contributed by atoms with Gasteiger partial charge >= 0.3 is 0 Å². The molecule has 2 heterocycles. The molecule has 0 saturated carbocycles. The van der Waals surface area contributed by atoms with Gasteiger partial charge in [-0.2, -0.15) is 0 Å². The Morgan fingerprint density at radius 1 is 1.52 bits per heavy atom. The van der Waals surface area contributed by atoms with Crippen LogP contribution >= 0.6 is 11.3 Å². The Morgan fingerprint density at radius 3 is 2.86 bits per heavy atom. The molecular weight excluding hydrogens is 292 g/mol. The van der Waals surface area contributed by atoms with E-state index in [4.69, 9.17) is 17.2 Å². The molecular formula is C12H20N6O2S. The van der Waals surface area contributed by atoms with Crippen LogP contribution in [-0.2, 0) is 4.79 Å². The number of thiazole rings is 1. The lowest BCUT2D eigenvalue weighted by molar-refractivity contribution is -0.118. The summed E-state index contributed by atoms with van der Waals surface area (Å²) in [6.07, 6.45) is 1.98. The van der Waals surface area contributed by atoms with Crippen LogP contribution in [0.2, 0.25) is 0 Å². The molecule has 0 spiro atoms. The molecule has 1 aromatic heterocycles. The Hall–Kier alpha value is -1.87. The highest BCUT2D eigenvalue weighted by molar-refractivity contribution is 7.18. The van der Waals surface area contributed by atoms with Crippen molar-refractivity contribution in [2.45, 2.75) is 18.9 Å². The lowest BCUT2D eigenvalue weighted by atomic mass is 10.1. The Kier molecular flexibility index (Phi) is 4.63. The van der Waals surface area contributed by atoms with Crippen molar-refractivity contribution in [2.75, 3.05) is 37.3 Å². The second-order valence-electron chi connectivity index (χ2n) is 5.19. The highest BCUT2D eigenvalue weighted by atomic mass is 32.1. The van der Waals surface area contributed by atoms with Crippen LogP contribution in [0.3, 0.4) is 0 Å². The van der Waals surface area contributed by atoms with Gasteiger partial charge in [0.05, 0.1) is 6.54 Å². The fraction of sp³-hybridized carbons (Fsp3) is 0.583. The van der Waals surface area contributed by atoms with Gasteiger partial charge in [0.1, 0.15) is 10.7 Å². The number of rotatable bonds is 4. The second kappa shape index (κ2) is 6.27. The van der Waals surface area contributed by atoms with Crippen molar-refractivity contribution in [3.05, 3.63) is 4.88 Å². The summed E-state index contributed by atoms with van der Waals surface area (Å²) in [6, 6.07) is 0.112. The van der Waals surface area contributed by atoms with Gasteiger partial charge in [0, 0.05) is 26.2 Å². The fourth-order valence-electron chi connectivity index (χ4n) is 2.27. The summed E-state index contributed by atoms with van der Waals surface area (Å²) in [7, 11) is 1.50. The van der Waals surface area contributed by atoms with Crippen molar-refractivity contribution in [3.8, 4) is 0 Å². The first kappa shape index (κ1) is 15.5. The zero-order valence-corrected chi connectivity index (χ0v) is 12.7. The molecule has 0 bridgehead atoms. The van der Waals surface area contributed by atoms with Gasteiger partial charge in [0.25, 0.3) is 5.91 Å². The summed E-state index contributed by atoms with van der Waals surface area (Å²) < 4.78 is 0. The molecule has 116 valence electrons. The van der Waals surface area contributed by atoms with Gasteiger partial charge in [-0.05, 0) is 12.8 Å². The predicted molar refractivity (Wildman–Crippen MR) is 82.1 cm³/mol. The number of nitrogens with zero attached hydrogens (tertiary/aromatic N) is 3. The van der Waals surface area contributed by atoms with Gasteiger partial charge in [-0.25, -0.2) is 4.98 Å². The van der Waals surface area contributed by atoms with Crippen molar-refractivity contribution in [1.82, 2.24) is 9.88 Å². The highest BCUT2D eigenvalue weighted by Crippen LogP contribution is 2.30. The van der Waals surface area contributed by atoms with Crippen LogP contribution in [0, 0.1) is 0 Å². The largest absolute Gasteiger partial charge is 0.382 e. The van der Waals surface area contributed by atoms with Crippen LogP contribution in [0.25, 0.3) is 0 Å². The number of carbonyl (C=O) groups excluding carboxylic acids is 2. The summed E-state index contributed by atoms with van der Waals surface area (Å²) in [5, 5.41) is 0.693. The average Bonchev–Trinajstić information content (AvgIpc) is 2.79. The molecule has 1 aromatic rings. The highest BCUT2D eigenvalue weighted by Gasteiger charge is 2.25. The van der Waals surface area contributed by atoms with Crippen molar-refractivity contribution in [1.29, 1.82) is 0 Å². The van der Waals surface area contributed by atoms with Gasteiger partial charge in [0.15, 0.2) is 5.13 Å². The number of hydrogen-bond acceptors (Lipinski definition) is 7. The second-order valence-corrected chi connectivity index (χ2v) is 6.16. The van der Waals surface area contributed by atoms with E-state index < -0.39 is 5.91 Å². The van der Waals surface area contributed by atoms with E-state index >= 15 is 0 Å². The third-order valence-electron chi connectivity index (χ3n) is 3.30. The standard InChI is InChI=1S/C12H20N6O2S/c1-17(6-8(14)19)11(20)9-10(15)16-12(21-9)18-4-2-3-7(13)5-18/h7H,2-6,13,15H2,1H3,(H2,14,19). The summed E-state index contributed by atoms with van der Waals surface area (Å²) in [4.78, 5) is 31.0. The van der Waals surface area contributed by atoms with Crippen LogP contribution in [-0.4, -0.2) is 54.4 Å². The van der Waals surface area contributed by atoms with Crippen molar-refractivity contribution in [2.24, 2.45) is 11.5 Å². The molecule has 8 nitrogen and oxygen atoms in total. The number of nitrogens with two attached hydrogens (primary N) is 3. The number of nitrogen functional groups attached to an aromatic ring is 1. The van der Waals surface area contributed by atoms with E-state index in [-0.39, 0.29) is 24.3 Å². The number of primary amides is 1. The van der Waals surface area contributed by atoms with Crippen LogP contribution in [0.15, 0.2) is 0 Å². The van der Waals surface area contributed by atoms with E-state index in [1.54, 1.807) is 0 Å². The molecule has 21 heavy (non-hydrogen) atoms. The minimum Gasteiger partial charge on any atom is -0.382 e. The first-order valence-corrected chi connectivity index (χ1v) is 7.50. The van der Waals surface area contributed by atoms with Crippen molar-refractivity contribution >= 4 is 34.1 Å². The third kappa shape index (κ3) is 3.61. The number of amides is 2. The number of anilines is 2. The Balaban J connectivity index is 2.15. The molecule has 1 saturated heterocycles. The van der Waals surface area contributed by atoms with E-state index in [0.29, 0.717) is 16.6 Å². The molecule has 2 amide bonds. The average molecular weight is 312 g/mol. The normalized spacial score (nSPS) is 18.6. The number of likely N-dealkylation sites (N-methyl/N-ethyl adjacent to an activating group) is 1. The topological polar surface area (TPSA) is 132 Å². The SMILES string of the molecule is CN(CC(N)=O)C(=O)c1sc(N2CCCC(N)C2)nc1N. The minimum absolute atomic E-state index is 0.112. The molecule has 1 unspecified atom stereocenters. The molecule has 0 radical (unpaired) electrons. The molecule has 0 aliphatic carbocycles. The maximum absolute atomic E-state index is 12.2. The van der Waals surface area contributed by atoms with Crippen LogP contribution in [0.1, 0.15) is 22.5 Å².